The summed E-state index contributed by atoms with van der Waals surface area (Å²) in [6.45, 7) is 9.24. The lowest BCUT2D eigenvalue weighted by Gasteiger charge is -2.32. The maximum absolute atomic E-state index is 14.2. The molecule has 120 valence electrons. The van der Waals surface area contributed by atoms with Crippen molar-refractivity contribution in [2.24, 2.45) is 0 Å². The first-order valence-corrected chi connectivity index (χ1v) is 7.43. The molecular formula is C16H27FN2O2. The average Bonchev–Trinajstić information content (AvgIpc) is 2.51. The van der Waals surface area contributed by atoms with Gasteiger partial charge in [-0.1, -0.05) is 19.9 Å². The first kappa shape index (κ1) is 17.9. The molecule has 0 aliphatic carbocycles. The van der Waals surface area contributed by atoms with Gasteiger partial charge in [-0.05, 0) is 32.1 Å². The molecule has 0 amide bonds. The molecule has 21 heavy (non-hydrogen) atoms. The van der Waals surface area contributed by atoms with E-state index in [9.17, 15) is 9.50 Å². The summed E-state index contributed by atoms with van der Waals surface area (Å²) in [6, 6.07) is 4.70. The van der Waals surface area contributed by atoms with Crippen LogP contribution in [0.2, 0.25) is 0 Å². The lowest BCUT2D eigenvalue weighted by molar-refractivity contribution is 0.161. The van der Waals surface area contributed by atoms with Gasteiger partial charge in [0, 0.05) is 13.1 Å². The van der Waals surface area contributed by atoms with Crippen LogP contribution in [0.5, 0.6) is 5.75 Å². The van der Waals surface area contributed by atoms with Gasteiger partial charge in [0.25, 0.3) is 0 Å². The van der Waals surface area contributed by atoms with Gasteiger partial charge in [0.05, 0.1) is 24.8 Å². The van der Waals surface area contributed by atoms with Crippen LogP contribution in [-0.2, 0) is 5.54 Å². The number of benzene rings is 1. The number of halogens is 1. The number of aliphatic hydroxyl groups excluding tert-OH is 1. The van der Waals surface area contributed by atoms with Crippen LogP contribution in [0.1, 0.15) is 26.3 Å². The molecule has 0 bridgehead atoms. The van der Waals surface area contributed by atoms with Crippen molar-refractivity contribution in [3.8, 4) is 5.75 Å². The molecule has 5 heteroatoms. The number of methoxy groups -OCH3 is 1. The third kappa shape index (κ3) is 4.40. The molecule has 1 atom stereocenters. The largest absolute Gasteiger partial charge is 0.496 e. The van der Waals surface area contributed by atoms with Gasteiger partial charge < -0.3 is 20.1 Å². The molecule has 0 aliphatic rings. The van der Waals surface area contributed by atoms with E-state index in [0.717, 1.165) is 19.6 Å². The molecule has 0 radical (unpaired) electrons. The van der Waals surface area contributed by atoms with Gasteiger partial charge in [-0.3, -0.25) is 0 Å². The normalized spacial score (nSPS) is 14.2. The van der Waals surface area contributed by atoms with Crippen LogP contribution in [0.25, 0.3) is 0 Å². The van der Waals surface area contributed by atoms with Crippen molar-refractivity contribution in [3.63, 3.8) is 0 Å². The van der Waals surface area contributed by atoms with Crippen molar-refractivity contribution in [2.75, 3.05) is 39.9 Å². The number of likely N-dealkylation sites (N-methyl/N-ethyl adjacent to an activating group) is 1. The molecule has 0 saturated carbocycles. The Labute approximate surface area is 126 Å². The molecule has 2 N–H and O–H groups in total. The zero-order valence-electron chi connectivity index (χ0n) is 13.4. The molecule has 1 unspecified atom stereocenters. The predicted molar refractivity (Wildman–Crippen MR) is 83.2 cm³/mol. The van der Waals surface area contributed by atoms with Gasteiger partial charge >= 0.3 is 0 Å². The highest BCUT2D eigenvalue weighted by Crippen LogP contribution is 2.31. The maximum Gasteiger partial charge on any atom is 0.132 e. The van der Waals surface area contributed by atoms with Crippen LogP contribution >= 0.6 is 0 Å². The summed E-state index contributed by atoms with van der Waals surface area (Å²) >= 11 is 0. The zero-order chi connectivity index (χ0) is 15.9. The zero-order valence-corrected chi connectivity index (χ0v) is 13.4. The van der Waals surface area contributed by atoms with E-state index >= 15 is 0 Å². The molecule has 1 aromatic rings. The van der Waals surface area contributed by atoms with Crippen molar-refractivity contribution < 1.29 is 14.2 Å². The molecule has 0 heterocycles. The highest BCUT2D eigenvalue weighted by Gasteiger charge is 2.31. The lowest BCUT2D eigenvalue weighted by atomic mass is 9.91. The molecule has 0 saturated heterocycles. The number of nitrogens with zero attached hydrogens (tertiary/aromatic N) is 1. The summed E-state index contributed by atoms with van der Waals surface area (Å²) in [5.74, 6) is 0.0723. The molecular weight excluding hydrogens is 271 g/mol. The Hall–Kier alpha value is -1.17. The predicted octanol–water partition coefficient (Wildman–Crippen LogP) is 1.97. The van der Waals surface area contributed by atoms with Crippen molar-refractivity contribution >= 4 is 0 Å². The Morgan fingerprint density at radius 2 is 2.00 bits per heavy atom. The summed E-state index contributed by atoms with van der Waals surface area (Å²) in [5, 5.41) is 13.0. The minimum absolute atomic E-state index is 0.206. The summed E-state index contributed by atoms with van der Waals surface area (Å²) in [7, 11) is 1.51. The first-order chi connectivity index (χ1) is 10.0. The lowest BCUT2D eigenvalue weighted by Crippen LogP contribution is -2.47. The monoisotopic (exact) mass is 298 g/mol. The Bertz CT molecular complexity index is 438. The molecule has 0 aliphatic heterocycles. The molecule has 4 nitrogen and oxygen atoms in total. The summed E-state index contributed by atoms with van der Waals surface area (Å²) in [4.78, 5) is 2.27. The number of hydrogen-bond acceptors (Lipinski definition) is 4. The van der Waals surface area contributed by atoms with Crippen LogP contribution in [0.4, 0.5) is 4.39 Å². The van der Waals surface area contributed by atoms with Crippen molar-refractivity contribution in [1.29, 1.82) is 0 Å². The van der Waals surface area contributed by atoms with E-state index < -0.39 is 5.54 Å². The molecule has 0 fully saturated rings. The van der Waals surface area contributed by atoms with Gasteiger partial charge in [0.15, 0.2) is 0 Å². The van der Waals surface area contributed by atoms with E-state index in [2.05, 4.69) is 24.1 Å². The smallest absolute Gasteiger partial charge is 0.132 e. The second kappa shape index (κ2) is 8.32. The van der Waals surface area contributed by atoms with Gasteiger partial charge in [0.2, 0.25) is 0 Å². The molecule has 0 aromatic heterocycles. The summed E-state index contributed by atoms with van der Waals surface area (Å²) in [5.41, 5.74) is -0.501. The topological polar surface area (TPSA) is 44.7 Å². The molecule has 1 rings (SSSR count). The average molecular weight is 298 g/mol. The second-order valence-electron chi connectivity index (χ2n) is 5.26. The van der Waals surface area contributed by atoms with Crippen LogP contribution in [0.3, 0.4) is 0 Å². The minimum Gasteiger partial charge on any atom is -0.496 e. The highest BCUT2D eigenvalue weighted by atomic mass is 19.1. The van der Waals surface area contributed by atoms with E-state index in [-0.39, 0.29) is 12.4 Å². The first-order valence-electron chi connectivity index (χ1n) is 7.43. The fraction of sp³-hybridized carbons (Fsp3) is 0.625. The fourth-order valence-corrected chi connectivity index (χ4v) is 2.46. The van der Waals surface area contributed by atoms with Crippen molar-refractivity contribution in [3.05, 3.63) is 29.6 Å². The van der Waals surface area contributed by atoms with Crippen LogP contribution < -0.4 is 10.1 Å². The van der Waals surface area contributed by atoms with Crippen LogP contribution in [0.15, 0.2) is 18.2 Å². The number of aliphatic hydroxyl groups is 1. The third-order valence-electron chi connectivity index (χ3n) is 3.90. The minimum atomic E-state index is -0.871. The number of hydrogen-bond donors (Lipinski definition) is 2. The molecule has 1 aromatic carbocycles. The van der Waals surface area contributed by atoms with E-state index in [1.54, 1.807) is 19.1 Å². The van der Waals surface area contributed by atoms with Crippen molar-refractivity contribution in [2.45, 2.75) is 26.3 Å². The van der Waals surface area contributed by atoms with E-state index in [4.69, 9.17) is 4.74 Å². The molecule has 0 spiro atoms. The maximum atomic E-state index is 14.2. The van der Waals surface area contributed by atoms with Crippen molar-refractivity contribution in [1.82, 2.24) is 10.2 Å². The number of rotatable bonds is 9. The Morgan fingerprint density at radius 1 is 1.33 bits per heavy atom. The van der Waals surface area contributed by atoms with E-state index in [1.165, 1.54) is 13.2 Å². The quantitative estimate of drug-likeness (QED) is 0.732. The summed E-state index contributed by atoms with van der Waals surface area (Å²) in [6.07, 6.45) is 0. The van der Waals surface area contributed by atoms with Gasteiger partial charge in [-0.2, -0.15) is 0 Å². The summed E-state index contributed by atoms with van der Waals surface area (Å²) < 4.78 is 19.4. The third-order valence-corrected chi connectivity index (χ3v) is 3.90. The Kier molecular flexibility index (Phi) is 7.08. The SMILES string of the molecule is CCN(CC)CCNC(C)(CO)c1c(F)cccc1OC. The Balaban J connectivity index is 2.89. The van der Waals surface area contributed by atoms with Gasteiger partial charge in [0.1, 0.15) is 11.6 Å². The number of ether oxygens (including phenoxy) is 1. The highest BCUT2D eigenvalue weighted by molar-refractivity contribution is 5.40. The van der Waals surface area contributed by atoms with E-state index in [1.807, 2.05) is 0 Å². The standard InChI is InChI=1S/C16H27FN2O2/c1-5-19(6-2)11-10-18-16(3,12-20)15-13(17)8-7-9-14(15)21-4/h7-9,18,20H,5-6,10-12H2,1-4H3. The van der Waals surface area contributed by atoms with Crippen LogP contribution in [-0.4, -0.2) is 49.9 Å². The van der Waals surface area contributed by atoms with E-state index in [0.29, 0.717) is 17.9 Å². The fourth-order valence-electron chi connectivity index (χ4n) is 2.46. The number of nitrogens with one attached hydrogen (secondary N) is 1. The Morgan fingerprint density at radius 3 is 2.52 bits per heavy atom. The van der Waals surface area contributed by atoms with Gasteiger partial charge in [-0.25, -0.2) is 4.39 Å². The second-order valence-corrected chi connectivity index (χ2v) is 5.26. The van der Waals surface area contributed by atoms with Crippen LogP contribution in [0, 0.1) is 5.82 Å². The van der Waals surface area contributed by atoms with Gasteiger partial charge in [-0.15, -0.1) is 0 Å².